The first kappa shape index (κ1) is 11.6. The van der Waals surface area contributed by atoms with Crippen LogP contribution in [0.4, 0.5) is 0 Å². The van der Waals surface area contributed by atoms with Gasteiger partial charge < -0.3 is 0 Å². The fourth-order valence-electron chi connectivity index (χ4n) is 2.12. The predicted molar refractivity (Wildman–Crippen MR) is 67.9 cm³/mol. The molecule has 1 atom stereocenters. The summed E-state index contributed by atoms with van der Waals surface area (Å²) in [6.07, 6.45) is 2.60. The molecule has 2 heteroatoms. The molecule has 2 rings (SSSR count). The van der Waals surface area contributed by atoms with E-state index >= 15 is 0 Å². The van der Waals surface area contributed by atoms with Crippen molar-refractivity contribution >= 4 is 0 Å². The molecule has 0 spiro atoms. The second-order valence-corrected chi connectivity index (χ2v) is 5.85. The van der Waals surface area contributed by atoms with Gasteiger partial charge >= 0.3 is 0 Å². The standard InChI is InChI=1S/C14H22N2/c1-14(2,3)12-8-6-11(7-9-12)13(16-15)10-4-5-10/h6-10,13,16H,4-5,15H2,1-3H3. The lowest BCUT2D eigenvalue weighted by Gasteiger charge is -2.21. The highest BCUT2D eigenvalue weighted by molar-refractivity contribution is 5.30. The van der Waals surface area contributed by atoms with Crippen molar-refractivity contribution in [3.8, 4) is 0 Å². The number of rotatable bonds is 3. The Morgan fingerprint density at radius 3 is 2.12 bits per heavy atom. The number of nitrogens with one attached hydrogen (secondary N) is 1. The Morgan fingerprint density at radius 1 is 1.19 bits per heavy atom. The molecule has 0 bridgehead atoms. The maximum atomic E-state index is 5.62. The minimum atomic E-state index is 0.226. The van der Waals surface area contributed by atoms with Gasteiger partial charge in [-0.15, -0.1) is 0 Å². The maximum Gasteiger partial charge on any atom is 0.0488 e. The zero-order chi connectivity index (χ0) is 11.8. The van der Waals surface area contributed by atoms with E-state index < -0.39 is 0 Å². The lowest BCUT2D eigenvalue weighted by atomic mass is 9.86. The van der Waals surface area contributed by atoms with Crippen molar-refractivity contribution < 1.29 is 0 Å². The second-order valence-electron chi connectivity index (χ2n) is 5.85. The van der Waals surface area contributed by atoms with E-state index in [9.17, 15) is 0 Å². The van der Waals surface area contributed by atoms with E-state index in [0.717, 1.165) is 5.92 Å². The van der Waals surface area contributed by atoms with Crippen molar-refractivity contribution in [2.75, 3.05) is 0 Å². The average Bonchev–Trinajstić information content (AvgIpc) is 3.03. The zero-order valence-electron chi connectivity index (χ0n) is 10.5. The predicted octanol–water partition coefficient (Wildman–Crippen LogP) is 2.90. The van der Waals surface area contributed by atoms with Gasteiger partial charge in [-0.25, -0.2) is 0 Å². The van der Waals surface area contributed by atoms with Gasteiger partial charge in [0.1, 0.15) is 0 Å². The zero-order valence-corrected chi connectivity index (χ0v) is 10.5. The molecule has 1 aromatic carbocycles. The number of hydrogen-bond donors (Lipinski definition) is 2. The van der Waals surface area contributed by atoms with Gasteiger partial charge in [0, 0.05) is 6.04 Å². The van der Waals surface area contributed by atoms with Crippen LogP contribution in [0.2, 0.25) is 0 Å². The maximum absolute atomic E-state index is 5.62. The summed E-state index contributed by atoms with van der Waals surface area (Å²) in [6.45, 7) is 6.71. The first-order chi connectivity index (χ1) is 7.52. The summed E-state index contributed by atoms with van der Waals surface area (Å²) in [7, 11) is 0. The molecule has 1 aliphatic carbocycles. The van der Waals surface area contributed by atoms with Gasteiger partial charge in [-0.1, -0.05) is 45.0 Å². The molecule has 0 amide bonds. The van der Waals surface area contributed by atoms with Crippen LogP contribution < -0.4 is 11.3 Å². The smallest absolute Gasteiger partial charge is 0.0488 e. The molecule has 1 saturated carbocycles. The van der Waals surface area contributed by atoms with Crippen LogP contribution in [0.5, 0.6) is 0 Å². The van der Waals surface area contributed by atoms with E-state index in [1.54, 1.807) is 0 Å². The van der Waals surface area contributed by atoms with Crippen LogP contribution in [-0.4, -0.2) is 0 Å². The highest BCUT2D eigenvalue weighted by atomic mass is 15.2. The van der Waals surface area contributed by atoms with Crippen LogP contribution in [0.15, 0.2) is 24.3 Å². The lowest BCUT2D eigenvalue weighted by molar-refractivity contribution is 0.496. The van der Waals surface area contributed by atoms with Crippen molar-refractivity contribution in [1.82, 2.24) is 5.43 Å². The normalized spacial score (nSPS) is 18.5. The molecule has 1 aromatic rings. The largest absolute Gasteiger partial charge is 0.271 e. The molecule has 0 aromatic heterocycles. The fraction of sp³-hybridized carbons (Fsp3) is 0.571. The number of hydrazine groups is 1. The summed E-state index contributed by atoms with van der Waals surface area (Å²) in [4.78, 5) is 0. The van der Waals surface area contributed by atoms with Gasteiger partial charge in [0.15, 0.2) is 0 Å². The van der Waals surface area contributed by atoms with Crippen LogP contribution >= 0.6 is 0 Å². The topological polar surface area (TPSA) is 38.0 Å². The van der Waals surface area contributed by atoms with Crippen molar-refractivity contribution in [2.45, 2.75) is 45.1 Å². The average molecular weight is 218 g/mol. The molecule has 2 nitrogen and oxygen atoms in total. The van der Waals surface area contributed by atoms with Crippen LogP contribution in [0.1, 0.15) is 50.8 Å². The SMILES string of the molecule is CC(C)(C)c1ccc(C(NN)C2CC2)cc1. The third kappa shape index (κ3) is 2.45. The van der Waals surface area contributed by atoms with Crippen LogP contribution in [-0.2, 0) is 5.41 Å². The molecule has 1 aliphatic rings. The third-order valence-electron chi connectivity index (χ3n) is 3.41. The van der Waals surface area contributed by atoms with Gasteiger partial charge in [-0.3, -0.25) is 11.3 Å². The Balaban J connectivity index is 2.18. The van der Waals surface area contributed by atoms with Crippen LogP contribution in [0.25, 0.3) is 0 Å². The molecule has 16 heavy (non-hydrogen) atoms. The number of hydrogen-bond acceptors (Lipinski definition) is 2. The number of nitrogens with two attached hydrogens (primary N) is 1. The Morgan fingerprint density at radius 2 is 1.75 bits per heavy atom. The third-order valence-corrected chi connectivity index (χ3v) is 3.41. The van der Waals surface area contributed by atoms with Crippen molar-refractivity contribution in [2.24, 2.45) is 11.8 Å². The molecule has 1 unspecified atom stereocenters. The van der Waals surface area contributed by atoms with E-state index in [-0.39, 0.29) is 5.41 Å². The van der Waals surface area contributed by atoms with E-state index in [4.69, 9.17) is 5.84 Å². The molecule has 0 aliphatic heterocycles. The molecule has 3 N–H and O–H groups in total. The van der Waals surface area contributed by atoms with Crippen LogP contribution in [0, 0.1) is 5.92 Å². The van der Waals surface area contributed by atoms with Gasteiger partial charge in [-0.2, -0.15) is 0 Å². The summed E-state index contributed by atoms with van der Waals surface area (Å²) in [6, 6.07) is 9.21. The van der Waals surface area contributed by atoms with Crippen molar-refractivity contribution in [3.63, 3.8) is 0 Å². The van der Waals surface area contributed by atoms with Gasteiger partial charge in [0.05, 0.1) is 0 Å². The van der Waals surface area contributed by atoms with Gasteiger partial charge in [0.2, 0.25) is 0 Å². The molecule has 0 heterocycles. The van der Waals surface area contributed by atoms with Crippen molar-refractivity contribution in [1.29, 1.82) is 0 Å². The highest BCUT2D eigenvalue weighted by Crippen LogP contribution is 2.40. The molecule has 0 saturated heterocycles. The van der Waals surface area contributed by atoms with E-state index in [1.807, 2.05) is 0 Å². The quantitative estimate of drug-likeness (QED) is 0.604. The minimum absolute atomic E-state index is 0.226. The summed E-state index contributed by atoms with van der Waals surface area (Å²) in [5.74, 6) is 6.36. The monoisotopic (exact) mass is 218 g/mol. The first-order valence-electron chi connectivity index (χ1n) is 6.09. The summed E-state index contributed by atoms with van der Waals surface area (Å²) >= 11 is 0. The lowest BCUT2D eigenvalue weighted by Crippen LogP contribution is -2.29. The minimum Gasteiger partial charge on any atom is -0.271 e. The van der Waals surface area contributed by atoms with E-state index in [0.29, 0.717) is 6.04 Å². The molecular formula is C14H22N2. The Kier molecular flexibility index (Phi) is 3.04. The summed E-state index contributed by atoms with van der Waals surface area (Å²) in [5.41, 5.74) is 5.86. The van der Waals surface area contributed by atoms with Gasteiger partial charge in [0.25, 0.3) is 0 Å². The second kappa shape index (κ2) is 4.19. The molecule has 88 valence electrons. The molecule has 0 radical (unpaired) electrons. The van der Waals surface area contributed by atoms with E-state index in [1.165, 1.54) is 24.0 Å². The summed E-state index contributed by atoms with van der Waals surface area (Å²) < 4.78 is 0. The van der Waals surface area contributed by atoms with E-state index in [2.05, 4.69) is 50.5 Å². The van der Waals surface area contributed by atoms with Gasteiger partial charge in [-0.05, 0) is 35.3 Å². The number of benzene rings is 1. The highest BCUT2D eigenvalue weighted by Gasteiger charge is 2.31. The summed E-state index contributed by atoms with van der Waals surface area (Å²) in [5, 5.41) is 0. The first-order valence-corrected chi connectivity index (χ1v) is 6.09. The Bertz CT molecular complexity index is 344. The fourth-order valence-corrected chi connectivity index (χ4v) is 2.12. The van der Waals surface area contributed by atoms with Crippen molar-refractivity contribution in [3.05, 3.63) is 35.4 Å². The molecular weight excluding hydrogens is 196 g/mol. The Hall–Kier alpha value is -0.860. The molecule has 1 fully saturated rings. The Labute approximate surface area is 98.2 Å². The van der Waals surface area contributed by atoms with Crippen LogP contribution in [0.3, 0.4) is 0 Å².